The molecule has 0 aliphatic rings. The number of halogens is 2. The van der Waals surface area contributed by atoms with Crippen molar-refractivity contribution in [3.63, 3.8) is 0 Å². The number of nitrogens with zero attached hydrogens (tertiary/aromatic N) is 2. The largest absolute Gasteiger partial charge is 0.467 e. The van der Waals surface area contributed by atoms with Gasteiger partial charge in [-0.05, 0) is 0 Å². The van der Waals surface area contributed by atoms with Gasteiger partial charge < -0.3 is 15.6 Å². The van der Waals surface area contributed by atoms with E-state index >= 15 is 0 Å². The van der Waals surface area contributed by atoms with Crippen LogP contribution in [-0.2, 0) is 19.1 Å². The molecule has 0 aliphatic carbocycles. The van der Waals surface area contributed by atoms with Crippen molar-refractivity contribution < 1.29 is 23.9 Å². The van der Waals surface area contributed by atoms with Gasteiger partial charge in [-0.1, -0.05) is 23.2 Å². The van der Waals surface area contributed by atoms with Crippen LogP contribution in [0.25, 0.3) is 5.53 Å². The lowest BCUT2D eigenvalue weighted by atomic mass is 10.1. The quantitative estimate of drug-likeness (QED) is 0.237. The minimum Gasteiger partial charge on any atom is -0.467 e. The Morgan fingerprint density at radius 2 is 2.06 bits per heavy atom. The molecule has 0 aromatic heterocycles. The maximum atomic E-state index is 11.2. The molecule has 1 amide bonds. The molecule has 0 radical (unpaired) electrons. The zero-order chi connectivity index (χ0) is 13.4. The summed E-state index contributed by atoms with van der Waals surface area (Å²) in [7, 11) is 1.09. The molecule has 0 saturated carbocycles. The standard InChI is InChI=1S/C8H9Cl2N3O4/c1-17-8(16)5(2-4(14)3-12-11)13-7(15)6(9)10/h3,5-6H,2H2,1H3,(H,13,15)/t5-/m1/s1. The first-order valence-electron chi connectivity index (χ1n) is 4.29. The number of carbonyl (C=O) groups is 3. The van der Waals surface area contributed by atoms with Crippen LogP contribution < -0.4 is 5.32 Å². The third kappa shape index (κ3) is 6.01. The predicted octanol–water partition coefficient (Wildman–Crippen LogP) is -0.292. The molecule has 0 saturated heterocycles. The number of hydrogen-bond acceptors (Lipinski definition) is 4. The summed E-state index contributed by atoms with van der Waals surface area (Å²) in [4.78, 5) is 34.6. The molecule has 7 nitrogen and oxygen atoms in total. The average Bonchev–Trinajstić information content (AvgIpc) is 2.27. The van der Waals surface area contributed by atoms with Gasteiger partial charge in [-0.15, -0.1) is 0 Å². The summed E-state index contributed by atoms with van der Waals surface area (Å²) in [6.45, 7) is 0. The highest BCUT2D eigenvalue weighted by atomic mass is 35.5. The molecule has 9 heteroatoms. The lowest BCUT2D eigenvalue weighted by molar-refractivity contribution is -0.146. The number of nitrogens with one attached hydrogen (secondary N) is 1. The Morgan fingerprint density at radius 1 is 1.47 bits per heavy atom. The van der Waals surface area contributed by atoms with Crippen molar-refractivity contribution in [2.45, 2.75) is 17.3 Å². The molecule has 0 bridgehead atoms. The fourth-order valence-corrected chi connectivity index (χ4v) is 1.01. The van der Waals surface area contributed by atoms with Crippen molar-refractivity contribution in [2.75, 3.05) is 7.11 Å². The normalized spacial score (nSPS) is 11.3. The van der Waals surface area contributed by atoms with Gasteiger partial charge in [0, 0.05) is 6.42 Å². The van der Waals surface area contributed by atoms with Crippen LogP contribution in [0.2, 0.25) is 0 Å². The van der Waals surface area contributed by atoms with Gasteiger partial charge in [-0.25, -0.2) is 4.79 Å². The topological polar surface area (TPSA) is 109 Å². The highest BCUT2D eigenvalue weighted by molar-refractivity contribution is 6.53. The zero-order valence-corrected chi connectivity index (χ0v) is 10.2. The Kier molecular flexibility index (Phi) is 7.13. The van der Waals surface area contributed by atoms with E-state index in [0.29, 0.717) is 6.21 Å². The molecule has 0 fully saturated rings. The summed E-state index contributed by atoms with van der Waals surface area (Å²) < 4.78 is 4.37. The summed E-state index contributed by atoms with van der Waals surface area (Å²) >= 11 is 10.5. The molecule has 0 aromatic rings. The van der Waals surface area contributed by atoms with E-state index in [-0.39, 0.29) is 0 Å². The van der Waals surface area contributed by atoms with Crippen molar-refractivity contribution in [1.82, 2.24) is 5.32 Å². The summed E-state index contributed by atoms with van der Waals surface area (Å²) in [6.07, 6.45) is 0.171. The number of amides is 1. The first kappa shape index (κ1) is 15.6. The van der Waals surface area contributed by atoms with Crippen LogP contribution >= 0.6 is 23.2 Å². The minimum absolute atomic E-state index is 0.428. The zero-order valence-electron chi connectivity index (χ0n) is 8.72. The van der Waals surface area contributed by atoms with Gasteiger partial charge in [0.15, 0.2) is 4.84 Å². The number of ether oxygens (including phenoxy) is 1. The van der Waals surface area contributed by atoms with Gasteiger partial charge in [0.2, 0.25) is 5.78 Å². The van der Waals surface area contributed by atoms with Gasteiger partial charge in [-0.2, -0.15) is 4.79 Å². The molecule has 0 rings (SSSR count). The first-order valence-corrected chi connectivity index (χ1v) is 5.16. The molecule has 17 heavy (non-hydrogen) atoms. The van der Waals surface area contributed by atoms with Crippen molar-refractivity contribution in [2.24, 2.45) is 0 Å². The molecule has 94 valence electrons. The molecular weight excluding hydrogens is 273 g/mol. The van der Waals surface area contributed by atoms with Crippen molar-refractivity contribution in [3.8, 4) is 0 Å². The Balaban J connectivity index is 4.65. The maximum Gasteiger partial charge on any atom is 0.328 e. The van der Waals surface area contributed by atoms with E-state index in [1.807, 2.05) is 0 Å². The summed E-state index contributed by atoms with van der Waals surface area (Å²) in [5, 5.41) is 2.11. The number of alkyl halides is 2. The molecule has 1 atom stereocenters. The summed E-state index contributed by atoms with van der Waals surface area (Å²) in [5.74, 6) is -2.35. The van der Waals surface area contributed by atoms with Gasteiger partial charge in [-0.3, -0.25) is 9.59 Å². The van der Waals surface area contributed by atoms with Crippen LogP contribution in [0.1, 0.15) is 6.42 Å². The molecule has 1 N–H and O–H groups in total. The van der Waals surface area contributed by atoms with Gasteiger partial charge in [0.1, 0.15) is 6.04 Å². The number of Topliss-reactive ketones (excluding diaryl/α,β-unsaturated/α-hetero) is 1. The maximum absolute atomic E-state index is 11.2. The number of methoxy groups -OCH3 is 1. The van der Waals surface area contributed by atoms with E-state index in [4.69, 9.17) is 28.7 Å². The lowest BCUT2D eigenvalue weighted by Gasteiger charge is -2.14. The van der Waals surface area contributed by atoms with E-state index in [1.54, 1.807) is 0 Å². The van der Waals surface area contributed by atoms with Crippen LogP contribution in [0, 0.1) is 0 Å². The lowest BCUT2D eigenvalue weighted by Crippen LogP contribution is -2.45. The van der Waals surface area contributed by atoms with E-state index in [2.05, 4.69) is 14.8 Å². The Labute approximate surface area is 107 Å². The fourth-order valence-electron chi connectivity index (χ4n) is 0.889. The molecule has 0 unspecified atom stereocenters. The Morgan fingerprint density at radius 3 is 2.47 bits per heavy atom. The third-order valence-electron chi connectivity index (χ3n) is 1.61. The van der Waals surface area contributed by atoms with E-state index in [0.717, 1.165) is 7.11 Å². The van der Waals surface area contributed by atoms with E-state index in [1.165, 1.54) is 0 Å². The fraction of sp³-hybridized carbons (Fsp3) is 0.500. The second-order valence-electron chi connectivity index (χ2n) is 2.80. The highest BCUT2D eigenvalue weighted by Gasteiger charge is 2.27. The number of hydrogen-bond donors (Lipinski definition) is 1. The smallest absolute Gasteiger partial charge is 0.328 e. The van der Waals surface area contributed by atoms with E-state index < -0.39 is 35.0 Å². The monoisotopic (exact) mass is 281 g/mol. The predicted molar refractivity (Wildman–Crippen MR) is 58.7 cm³/mol. The molecule has 0 aliphatic heterocycles. The van der Waals surface area contributed by atoms with Crippen LogP contribution in [-0.4, -0.2) is 46.7 Å². The number of carbonyl (C=O) groups excluding carboxylic acids is 3. The molecular formula is C8H9Cl2N3O4. The first-order chi connectivity index (χ1) is 7.92. The third-order valence-corrected chi connectivity index (χ3v) is 2.00. The second-order valence-corrected chi connectivity index (χ2v) is 3.90. The number of ketones is 1. The van der Waals surface area contributed by atoms with Crippen LogP contribution in [0.5, 0.6) is 0 Å². The second kappa shape index (κ2) is 7.78. The van der Waals surface area contributed by atoms with E-state index in [9.17, 15) is 14.4 Å². The van der Waals surface area contributed by atoms with Gasteiger partial charge >= 0.3 is 12.2 Å². The number of esters is 1. The van der Waals surface area contributed by atoms with Crippen molar-refractivity contribution >= 4 is 47.1 Å². The molecule has 0 spiro atoms. The van der Waals surface area contributed by atoms with Crippen LogP contribution in [0.4, 0.5) is 0 Å². The molecule has 0 heterocycles. The Hall–Kier alpha value is -1.43. The average molecular weight is 282 g/mol. The number of rotatable bonds is 6. The van der Waals surface area contributed by atoms with Crippen molar-refractivity contribution in [1.29, 1.82) is 0 Å². The van der Waals surface area contributed by atoms with Gasteiger partial charge in [0.25, 0.3) is 5.91 Å². The minimum atomic E-state index is -1.37. The SMILES string of the molecule is COC(=O)[C@@H](CC(=O)C=[N+]=[N-])NC(=O)C(Cl)Cl. The van der Waals surface area contributed by atoms with Crippen molar-refractivity contribution in [3.05, 3.63) is 5.53 Å². The summed E-state index contributed by atoms with van der Waals surface area (Å²) in [6, 6.07) is -1.24. The Bertz CT molecular complexity index is 366. The summed E-state index contributed by atoms with van der Waals surface area (Å²) in [5.41, 5.74) is 8.12. The van der Waals surface area contributed by atoms with Crippen LogP contribution in [0.3, 0.4) is 0 Å². The van der Waals surface area contributed by atoms with Gasteiger partial charge in [0.05, 0.1) is 7.11 Å². The van der Waals surface area contributed by atoms with Crippen LogP contribution in [0.15, 0.2) is 0 Å². The highest BCUT2D eigenvalue weighted by Crippen LogP contribution is 2.03. The molecule has 0 aromatic carbocycles.